The van der Waals surface area contributed by atoms with Crippen LogP contribution in [0.4, 0.5) is 0 Å². The first-order valence-electron chi connectivity index (χ1n) is 4.02. The predicted octanol–water partition coefficient (Wildman–Crippen LogP) is 0.0726. The minimum atomic E-state index is -0.480. The summed E-state index contributed by atoms with van der Waals surface area (Å²) in [6, 6.07) is 8.70. The molecule has 0 heterocycles. The van der Waals surface area contributed by atoms with Crippen molar-refractivity contribution in [1.82, 2.24) is 5.32 Å². The number of rotatable bonds is 3. The molecule has 0 aromatic heterocycles. The van der Waals surface area contributed by atoms with Gasteiger partial charge in [-0.15, -0.1) is 0 Å². The SMILES string of the molecule is N=C(N)NCC(=O)Oc1ccccc1.[Hg]. The van der Waals surface area contributed by atoms with Gasteiger partial charge in [0.1, 0.15) is 12.3 Å². The molecule has 5 nitrogen and oxygen atoms in total. The van der Waals surface area contributed by atoms with Gasteiger partial charge in [-0.05, 0) is 12.1 Å². The number of para-hydroxylation sites is 1. The number of benzene rings is 1. The van der Waals surface area contributed by atoms with Crippen LogP contribution in [0.25, 0.3) is 0 Å². The van der Waals surface area contributed by atoms with Crippen LogP contribution in [-0.4, -0.2) is 18.5 Å². The summed E-state index contributed by atoms with van der Waals surface area (Å²) in [5, 5.41) is 9.18. The third-order valence-corrected chi connectivity index (χ3v) is 1.40. The molecule has 0 unspecified atom stereocenters. The third-order valence-electron chi connectivity index (χ3n) is 1.40. The minimum Gasteiger partial charge on any atom is -0.425 e. The van der Waals surface area contributed by atoms with E-state index in [-0.39, 0.29) is 40.2 Å². The zero-order valence-electron chi connectivity index (χ0n) is 8.19. The Labute approximate surface area is 108 Å². The second-order valence-corrected chi connectivity index (χ2v) is 2.55. The van der Waals surface area contributed by atoms with Gasteiger partial charge in [0.25, 0.3) is 0 Å². The van der Waals surface area contributed by atoms with E-state index in [0.29, 0.717) is 5.75 Å². The van der Waals surface area contributed by atoms with Crippen LogP contribution in [0.15, 0.2) is 30.3 Å². The molecule has 0 aliphatic rings. The maximum atomic E-state index is 11.1. The van der Waals surface area contributed by atoms with Crippen molar-refractivity contribution in [3.05, 3.63) is 30.3 Å². The summed E-state index contributed by atoms with van der Waals surface area (Å²) in [7, 11) is 0. The van der Waals surface area contributed by atoms with Crippen molar-refractivity contribution >= 4 is 11.9 Å². The number of nitrogens with one attached hydrogen (secondary N) is 2. The van der Waals surface area contributed by atoms with Gasteiger partial charge < -0.3 is 15.8 Å². The molecular formula is C9H11HgN3O2. The van der Waals surface area contributed by atoms with Gasteiger partial charge in [-0.25, -0.2) is 4.79 Å². The topological polar surface area (TPSA) is 88.2 Å². The Morgan fingerprint density at radius 2 is 2.00 bits per heavy atom. The van der Waals surface area contributed by atoms with Crippen molar-refractivity contribution in [2.45, 2.75) is 0 Å². The molecule has 0 radical (unpaired) electrons. The largest absolute Gasteiger partial charge is 0.425 e. The molecule has 1 rings (SSSR count). The average Bonchev–Trinajstić information content (AvgIpc) is 2.16. The fourth-order valence-corrected chi connectivity index (χ4v) is 0.823. The molecule has 1 aromatic carbocycles. The molecule has 0 aliphatic heterocycles. The molecule has 0 atom stereocenters. The quantitative estimate of drug-likeness (QED) is 0.223. The van der Waals surface area contributed by atoms with Crippen LogP contribution < -0.4 is 15.8 Å². The Morgan fingerprint density at radius 3 is 2.53 bits per heavy atom. The first-order chi connectivity index (χ1) is 6.68. The van der Waals surface area contributed by atoms with Gasteiger partial charge in [0.05, 0.1) is 0 Å². The average molecular weight is 394 g/mol. The third kappa shape index (κ3) is 6.06. The number of hydrogen-bond acceptors (Lipinski definition) is 3. The van der Waals surface area contributed by atoms with Gasteiger partial charge in [-0.2, -0.15) is 0 Å². The molecule has 0 spiro atoms. The van der Waals surface area contributed by atoms with E-state index >= 15 is 0 Å². The number of carbonyl (C=O) groups excluding carboxylic acids is 1. The van der Waals surface area contributed by atoms with E-state index in [2.05, 4.69) is 5.32 Å². The van der Waals surface area contributed by atoms with Crippen LogP contribution in [0.2, 0.25) is 0 Å². The van der Waals surface area contributed by atoms with Crippen molar-refractivity contribution in [2.75, 3.05) is 6.54 Å². The molecule has 0 fully saturated rings. The number of carbonyl (C=O) groups is 1. The van der Waals surface area contributed by atoms with Crippen molar-refractivity contribution in [1.29, 1.82) is 5.41 Å². The maximum absolute atomic E-state index is 11.1. The number of esters is 1. The van der Waals surface area contributed by atoms with Crippen LogP contribution >= 0.6 is 0 Å². The molecule has 0 bridgehead atoms. The van der Waals surface area contributed by atoms with Gasteiger partial charge >= 0.3 is 5.97 Å². The van der Waals surface area contributed by atoms with E-state index in [0.717, 1.165) is 0 Å². The van der Waals surface area contributed by atoms with E-state index < -0.39 is 5.97 Å². The standard InChI is InChI=1S/C9H11N3O2.Hg/c10-9(11)12-6-8(13)14-7-4-2-1-3-5-7;/h1-5H,6H2,(H4,10,11,12);. The van der Waals surface area contributed by atoms with Crippen molar-refractivity contribution in [3.63, 3.8) is 0 Å². The zero-order valence-corrected chi connectivity index (χ0v) is 13.7. The number of guanidine groups is 1. The van der Waals surface area contributed by atoms with Gasteiger partial charge in [-0.1, -0.05) is 18.2 Å². The summed E-state index contributed by atoms with van der Waals surface area (Å²) >= 11 is 0. The van der Waals surface area contributed by atoms with Crippen LogP contribution in [-0.2, 0) is 32.5 Å². The summed E-state index contributed by atoms with van der Waals surface area (Å²) in [5.74, 6) is -0.260. The summed E-state index contributed by atoms with van der Waals surface area (Å²) < 4.78 is 4.91. The fourth-order valence-electron chi connectivity index (χ4n) is 0.823. The molecule has 76 valence electrons. The second kappa shape index (κ2) is 7.22. The predicted molar refractivity (Wildman–Crippen MR) is 52.0 cm³/mol. The van der Waals surface area contributed by atoms with E-state index in [1.54, 1.807) is 24.3 Å². The molecule has 4 N–H and O–H groups in total. The molecule has 1 aromatic rings. The molecule has 0 aliphatic carbocycles. The number of nitrogens with two attached hydrogens (primary N) is 1. The summed E-state index contributed by atoms with van der Waals surface area (Å²) in [5.41, 5.74) is 5.00. The molecule has 6 heteroatoms. The van der Waals surface area contributed by atoms with Gasteiger partial charge in [0, 0.05) is 27.7 Å². The summed E-state index contributed by atoms with van der Waals surface area (Å²) in [6.45, 7) is -0.107. The van der Waals surface area contributed by atoms with Crippen LogP contribution in [0, 0.1) is 5.41 Å². The van der Waals surface area contributed by atoms with Crippen molar-refractivity contribution in [2.24, 2.45) is 5.73 Å². The first-order valence-corrected chi connectivity index (χ1v) is 4.02. The Kier molecular flexibility index (Phi) is 6.69. The molecule has 15 heavy (non-hydrogen) atoms. The normalized spacial score (nSPS) is 8.53. The Balaban J connectivity index is 0.00000196. The molecule has 0 saturated heterocycles. The van der Waals surface area contributed by atoms with Crippen LogP contribution in [0.3, 0.4) is 0 Å². The molecular weight excluding hydrogens is 383 g/mol. The van der Waals surface area contributed by atoms with Gasteiger partial charge in [-0.3, -0.25) is 5.41 Å². The Hall–Kier alpha value is -1.10. The molecule has 0 saturated carbocycles. The van der Waals surface area contributed by atoms with Crippen molar-refractivity contribution in [3.8, 4) is 5.75 Å². The number of hydrogen-bond donors (Lipinski definition) is 3. The first kappa shape index (κ1) is 13.9. The smallest absolute Gasteiger partial charge is 0.330 e. The second-order valence-electron chi connectivity index (χ2n) is 2.55. The Bertz CT molecular complexity index is 329. The summed E-state index contributed by atoms with van der Waals surface area (Å²) in [6.07, 6.45) is 0. The maximum Gasteiger partial charge on any atom is 0.330 e. The molecule has 0 amide bonds. The van der Waals surface area contributed by atoms with E-state index in [1.165, 1.54) is 0 Å². The van der Waals surface area contributed by atoms with Crippen LogP contribution in [0.1, 0.15) is 0 Å². The van der Waals surface area contributed by atoms with E-state index in [9.17, 15) is 4.79 Å². The van der Waals surface area contributed by atoms with E-state index in [4.69, 9.17) is 15.9 Å². The van der Waals surface area contributed by atoms with Gasteiger partial charge in [0.15, 0.2) is 5.96 Å². The van der Waals surface area contributed by atoms with Crippen molar-refractivity contribution < 1.29 is 37.2 Å². The van der Waals surface area contributed by atoms with Gasteiger partial charge in [0.2, 0.25) is 0 Å². The summed E-state index contributed by atoms with van der Waals surface area (Å²) in [4.78, 5) is 11.1. The van der Waals surface area contributed by atoms with Crippen LogP contribution in [0.5, 0.6) is 5.75 Å². The fraction of sp³-hybridized carbons (Fsp3) is 0.111. The van der Waals surface area contributed by atoms with E-state index in [1.807, 2.05) is 6.07 Å². The number of ether oxygens (including phenoxy) is 1. The monoisotopic (exact) mass is 395 g/mol. The Morgan fingerprint density at radius 1 is 1.40 bits per heavy atom. The zero-order chi connectivity index (χ0) is 10.4. The minimum absolute atomic E-state index is 0.